The summed E-state index contributed by atoms with van der Waals surface area (Å²) < 4.78 is 23.6. The molecule has 7 aromatic rings. The number of aromatic amines is 1. The SMILES string of the molecule is COCCOC(=O)N1C(=O)[C@@]2(c3cc(C#CCN(C)Cc4ccccc4)ccc31)[C@H](C(=O)NCc1nc3ccccc3[nH]1)[C@H]1C(=O)O[C@H](c3ccccc3)[C@H](c3ccccc3)N1[C@@H]2c1cccc(OCCO)c1. The number of anilines is 1. The highest BCUT2D eigenvalue weighted by Crippen LogP contribution is 2.66. The molecule has 0 aliphatic carbocycles. The number of imidazole rings is 1. The number of imide groups is 1. The Morgan fingerprint density at radius 3 is 2.27 bits per heavy atom. The van der Waals surface area contributed by atoms with Crippen molar-refractivity contribution < 1.29 is 43.2 Å². The third-order valence-corrected chi connectivity index (χ3v) is 13.7. The second-order valence-electron chi connectivity index (χ2n) is 18.3. The number of nitrogens with one attached hydrogen (secondary N) is 2. The summed E-state index contributed by atoms with van der Waals surface area (Å²) in [6.07, 6.45) is -1.93. The number of esters is 1. The van der Waals surface area contributed by atoms with E-state index in [1.807, 2.05) is 121 Å². The quantitative estimate of drug-likeness (QED) is 0.0537. The monoisotopic (exact) mass is 978 g/mol. The molecule has 4 heterocycles. The third-order valence-electron chi connectivity index (χ3n) is 13.7. The number of carbonyl (C=O) groups excluding carboxylic acids is 4. The maximum Gasteiger partial charge on any atom is 0.421 e. The molecule has 370 valence electrons. The highest BCUT2D eigenvalue weighted by atomic mass is 16.6. The summed E-state index contributed by atoms with van der Waals surface area (Å²) in [4.78, 5) is 75.6. The van der Waals surface area contributed by atoms with Crippen molar-refractivity contribution in [2.45, 2.75) is 42.7 Å². The van der Waals surface area contributed by atoms with Gasteiger partial charge in [0.05, 0.1) is 61.0 Å². The first kappa shape index (κ1) is 48.5. The molecule has 1 spiro atoms. The van der Waals surface area contributed by atoms with Crippen LogP contribution in [-0.4, -0.2) is 102 Å². The predicted molar refractivity (Wildman–Crippen MR) is 272 cm³/mol. The number of fused-ring (bicyclic) bond motifs is 4. The Morgan fingerprint density at radius 1 is 0.822 bits per heavy atom. The molecule has 73 heavy (non-hydrogen) atoms. The van der Waals surface area contributed by atoms with Crippen molar-refractivity contribution in [1.82, 2.24) is 25.1 Å². The summed E-state index contributed by atoms with van der Waals surface area (Å²) in [5, 5.41) is 12.9. The van der Waals surface area contributed by atoms with Gasteiger partial charge in [-0.3, -0.25) is 24.2 Å². The van der Waals surface area contributed by atoms with Crippen LogP contribution < -0.4 is 15.0 Å². The number of hydrogen-bond acceptors (Lipinski definition) is 12. The number of nitrogens with zero attached hydrogens (tertiary/aromatic N) is 4. The van der Waals surface area contributed by atoms with Crippen LogP contribution in [0.15, 0.2) is 158 Å². The molecule has 3 amide bonds. The number of morpholine rings is 1. The van der Waals surface area contributed by atoms with Crippen LogP contribution in [-0.2, 0) is 47.1 Å². The number of methoxy groups -OCH3 is 1. The molecule has 15 heteroatoms. The van der Waals surface area contributed by atoms with Gasteiger partial charge in [-0.1, -0.05) is 127 Å². The largest absolute Gasteiger partial charge is 0.491 e. The van der Waals surface area contributed by atoms with Crippen LogP contribution in [0.5, 0.6) is 5.75 Å². The molecule has 3 N–H and O–H groups in total. The molecule has 15 nitrogen and oxygen atoms in total. The Hall–Kier alpha value is -8.13. The molecular weight excluding hydrogens is 925 g/mol. The fraction of sp³-hybridized carbons (Fsp3) is 0.259. The number of amides is 3. The van der Waals surface area contributed by atoms with Crippen molar-refractivity contribution in [2.75, 3.05) is 52.0 Å². The van der Waals surface area contributed by atoms with E-state index in [1.54, 1.807) is 36.4 Å². The highest BCUT2D eigenvalue weighted by Gasteiger charge is 2.75. The van der Waals surface area contributed by atoms with E-state index in [0.29, 0.717) is 46.9 Å². The Kier molecular flexibility index (Phi) is 14.1. The van der Waals surface area contributed by atoms with E-state index >= 15 is 14.4 Å². The van der Waals surface area contributed by atoms with Crippen LogP contribution in [0.2, 0.25) is 0 Å². The number of benzene rings is 6. The molecule has 10 rings (SSSR count). The summed E-state index contributed by atoms with van der Waals surface area (Å²) in [6, 6.07) is 45.2. The number of aliphatic hydroxyl groups excluding tert-OH is 1. The molecule has 3 aliphatic rings. The summed E-state index contributed by atoms with van der Waals surface area (Å²) in [5.41, 5.74) is 3.37. The average Bonchev–Trinajstić information content (AvgIpc) is 4.06. The first-order valence-electron chi connectivity index (χ1n) is 24.2. The van der Waals surface area contributed by atoms with Gasteiger partial charge in [-0.05, 0) is 77.3 Å². The number of hydrogen-bond donors (Lipinski definition) is 3. The topological polar surface area (TPSA) is 176 Å². The van der Waals surface area contributed by atoms with Crippen molar-refractivity contribution in [1.29, 1.82) is 0 Å². The molecule has 6 aromatic carbocycles. The zero-order valence-electron chi connectivity index (χ0n) is 40.3. The first-order chi connectivity index (χ1) is 35.7. The minimum atomic E-state index is -2.08. The number of aliphatic hydroxyl groups is 1. The molecule has 0 unspecified atom stereocenters. The Labute approximate surface area is 422 Å². The third kappa shape index (κ3) is 9.33. The minimum Gasteiger partial charge on any atom is -0.491 e. The van der Waals surface area contributed by atoms with Gasteiger partial charge >= 0.3 is 12.1 Å². The molecule has 0 radical (unpaired) electrons. The lowest BCUT2D eigenvalue weighted by molar-refractivity contribution is -0.178. The normalized spacial score (nSPS) is 21.1. The molecule has 2 saturated heterocycles. The molecule has 3 aliphatic heterocycles. The summed E-state index contributed by atoms with van der Waals surface area (Å²) >= 11 is 0. The maximum atomic E-state index is 16.6. The van der Waals surface area contributed by atoms with Crippen LogP contribution in [0.1, 0.15) is 57.4 Å². The van der Waals surface area contributed by atoms with E-state index in [4.69, 9.17) is 23.9 Å². The smallest absolute Gasteiger partial charge is 0.421 e. The zero-order valence-corrected chi connectivity index (χ0v) is 40.3. The van der Waals surface area contributed by atoms with Crippen LogP contribution in [0.4, 0.5) is 10.5 Å². The number of rotatable bonds is 15. The molecular formula is C58H54N6O9. The molecule has 1 aromatic heterocycles. The Balaban J connectivity index is 1.21. The van der Waals surface area contributed by atoms with Crippen LogP contribution in [0.25, 0.3) is 11.0 Å². The van der Waals surface area contributed by atoms with Gasteiger partial charge in [0.2, 0.25) is 11.8 Å². The van der Waals surface area contributed by atoms with Crippen molar-refractivity contribution in [2.24, 2.45) is 5.92 Å². The van der Waals surface area contributed by atoms with Gasteiger partial charge in [-0.2, -0.15) is 0 Å². The Morgan fingerprint density at radius 2 is 1.53 bits per heavy atom. The van der Waals surface area contributed by atoms with E-state index in [0.717, 1.165) is 21.5 Å². The van der Waals surface area contributed by atoms with E-state index < -0.39 is 59.4 Å². The molecule has 0 saturated carbocycles. The second kappa shape index (κ2) is 21.3. The van der Waals surface area contributed by atoms with Gasteiger partial charge in [0.25, 0.3) is 0 Å². The lowest BCUT2D eigenvalue weighted by Crippen LogP contribution is -2.55. The molecule has 6 atom stereocenters. The van der Waals surface area contributed by atoms with Gasteiger partial charge in [-0.15, -0.1) is 0 Å². The zero-order chi connectivity index (χ0) is 50.5. The van der Waals surface area contributed by atoms with E-state index in [1.165, 1.54) is 7.11 Å². The number of cyclic esters (lactones) is 1. The minimum absolute atomic E-state index is 0.0289. The number of para-hydroxylation sites is 2. The fourth-order valence-electron chi connectivity index (χ4n) is 10.8. The average molecular weight is 979 g/mol. The summed E-state index contributed by atoms with van der Waals surface area (Å²) in [7, 11) is 3.45. The van der Waals surface area contributed by atoms with Gasteiger partial charge < -0.3 is 34.4 Å². The second-order valence-corrected chi connectivity index (χ2v) is 18.3. The number of carbonyl (C=O) groups is 4. The van der Waals surface area contributed by atoms with Crippen molar-refractivity contribution in [3.8, 4) is 17.6 Å². The first-order valence-corrected chi connectivity index (χ1v) is 24.2. The summed E-state index contributed by atoms with van der Waals surface area (Å²) in [5.74, 6) is 3.64. The van der Waals surface area contributed by atoms with E-state index in [2.05, 4.69) is 39.2 Å². The number of aromatic nitrogens is 2. The van der Waals surface area contributed by atoms with E-state index in [-0.39, 0.29) is 44.2 Å². The van der Waals surface area contributed by atoms with Gasteiger partial charge in [0, 0.05) is 19.2 Å². The lowest BCUT2D eigenvalue weighted by Gasteiger charge is -2.46. The highest BCUT2D eigenvalue weighted by molar-refractivity contribution is 6.23. The van der Waals surface area contributed by atoms with Crippen molar-refractivity contribution in [3.63, 3.8) is 0 Å². The number of ether oxygens (including phenoxy) is 4. The van der Waals surface area contributed by atoms with Crippen LogP contribution in [0, 0.1) is 17.8 Å². The van der Waals surface area contributed by atoms with Crippen molar-refractivity contribution >= 4 is 40.6 Å². The molecule has 2 fully saturated rings. The summed E-state index contributed by atoms with van der Waals surface area (Å²) in [6.45, 7) is 0.535. The lowest BCUT2D eigenvalue weighted by atomic mass is 9.65. The Bertz CT molecular complexity index is 3160. The van der Waals surface area contributed by atoms with E-state index in [9.17, 15) is 9.90 Å². The van der Waals surface area contributed by atoms with Gasteiger partial charge in [-0.25, -0.2) is 14.7 Å². The van der Waals surface area contributed by atoms with Crippen LogP contribution in [0.3, 0.4) is 0 Å². The van der Waals surface area contributed by atoms with Gasteiger partial charge in [0.15, 0.2) is 0 Å². The van der Waals surface area contributed by atoms with Crippen molar-refractivity contribution in [3.05, 3.63) is 197 Å². The molecule has 0 bridgehead atoms. The predicted octanol–water partition coefficient (Wildman–Crippen LogP) is 7.18. The van der Waals surface area contributed by atoms with Gasteiger partial charge in [0.1, 0.15) is 42.3 Å². The maximum absolute atomic E-state index is 16.6. The number of H-pyrrole nitrogens is 1. The van der Waals surface area contributed by atoms with Crippen LogP contribution >= 0.6 is 0 Å². The standard InChI is InChI=1S/C58H54N6O9/c1-62(37-39-16-6-3-7-17-39)29-15-18-38-27-28-47-44(34-38)58(56(68)63(47)57(69)72-33-32-70-2)49(54(66)59-36-48-60-45-25-12-13-26-46(45)61-48)51-55(67)73-52(41-21-10-5-11-22-41)50(40-19-8-4-9-20-40)64(51)53(58)42-23-14-24-43(35-42)71-31-30-65/h3-14,16-17,19-28,34-35,49-53,65H,29-33,36-37H2,1-2H3,(H,59,66)(H,60,61)/t49-,50-,51-,52+,53+,58-/m0/s1. The fourth-order valence-corrected chi connectivity index (χ4v) is 10.8.